The first-order chi connectivity index (χ1) is 21.2. The van der Waals surface area contributed by atoms with Gasteiger partial charge in [-0.1, -0.05) is 43.5 Å². The second-order valence-electron chi connectivity index (χ2n) is 10.8. The number of sulfonamides is 1. The van der Waals surface area contributed by atoms with Crippen molar-refractivity contribution in [1.82, 2.24) is 4.31 Å². The molecule has 2 N–H and O–H groups in total. The number of rotatable bonds is 9. The number of amides is 2. The fraction of sp³-hybridized carbons (Fsp3) is 0.323. The summed E-state index contributed by atoms with van der Waals surface area (Å²) >= 11 is 0. The third-order valence-corrected chi connectivity index (χ3v) is 9.62. The van der Waals surface area contributed by atoms with E-state index in [0.29, 0.717) is 11.5 Å². The van der Waals surface area contributed by atoms with Gasteiger partial charge in [-0.2, -0.15) is 4.31 Å². The van der Waals surface area contributed by atoms with Crippen molar-refractivity contribution in [3.05, 3.63) is 88.5 Å². The van der Waals surface area contributed by atoms with Gasteiger partial charge in [-0.15, -0.1) is 0 Å². The Kier molecular flexibility index (Phi) is 10.3. The van der Waals surface area contributed by atoms with Crippen LogP contribution in [0.25, 0.3) is 0 Å². The smallest absolute Gasteiger partial charge is 0.394 e. The van der Waals surface area contributed by atoms with Crippen molar-refractivity contribution >= 4 is 39.2 Å². The number of carboxylic acids is 1. The number of carboxylic acid groups (broad SMARTS) is 1. The average molecular weight is 650 g/mol. The van der Waals surface area contributed by atoms with Crippen LogP contribution in [0.3, 0.4) is 0 Å². The molecule has 3 aromatic carbocycles. The van der Waals surface area contributed by atoms with Crippen molar-refractivity contribution in [2.24, 2.45) is 0 Å². The van der Waals surface area contributed by atoms with E-state index in [9.17, 15) is 40.4 Å². The van der Waals surface area contributed by atoms with Crippen LogP contribution in [0, 0.1) is 30.2 Å². The van der Waals surface area contributed by atoms with E-state index in [1.807, 2.05) is 24.3 Å². The molecule has 1 fully saturated rings. The Morgan fingerprint density at radius 3 is 1.96 bits per heavy atom. The molecule has 0 aromatic heterocycles. The summed E-state index contributed by atoms with van der Waals surface area (Å²) in [5.41, 5.74) is 1.09. The van der Waals surface area contributed by atoms with E-state index < -0.39 is 68.1 Å². The topological polar surface area (TPSA) is 124 Å². The van der Waals surface area contributed by atoms with E-state index in [4.69, 9.17) is 5.11 Å². The summed E-state index contributed by atoms with van der Waals surface area (Å²) in [6.07, 6.45) is 5.63. The van der Waals surface area contributed by atoms with Crippen LogP contribution >= 0.6 is 0 Å². The Balaban J connectivity index is 1.63. The lowest BCUT2D eigenvalue weighted by Crippen LogP contribution is -2.41. The van der Waals surface area contributed by atoms with Crippen LogP contribution in [-0.2, 0) is 31.0 Å². The van der Waals surface area contributed by atoms with Gasteiger partial charge in [0.1, 0.15) is 0 Å². The summed E-state index contributed by atoms with van der Waals surface area (Å²) in [5.74, 6) is -11.4. The fourth-order valence-corrected chi connectivity index (χ4v) is 6.44. The van der Waals surface area contributed by atoms with Crippen LogP contribution in [-0.4, -0.2) is 49.2 Å². The summed E-state index contributed by atoms with van der Waals surface area (Å²) in [5, 5.41) is 11.0. The molecule has 240 valence electrons. The number of benzene rings is 3. The van der Waals surface area contributed by atoms with Crippen LogP contribution in [0.4, 0.5) is 28.9 Å². The van der Waals surface area contributed by atoms with Gasteiger partial charge in [-0.05, 0) is 61.1 Å². The van der Waals surface area contributed by atoms with E-state index in [1.165, 1.54) is 35.6 Å². The second kappa shape index (κ2) is 13.8. The molecule has 1 saturated carbocycles. The monoisotopic (exact) mass is 649 g/mol. The summed E-state index contributed by atoms with van der Waals surface area (Å²) < 4.78 is 84.0. The molecule has 14 heteroatoms. The van der Waals surface area contributed by atoms with Crippen molar-refractivity contribution in [3.63, 3.8) is 0 Å². The number of nitrogens with zero attached hydrogens (tertiary/aromatic N) is 2. The number of hydrogen-bond acceptors (Lipinski definition) is 5. The van der Waals surface area contributed by atoms with Gasteiger partial charge in [0.15, 0.2) is 28.2 Å². The maximum absolute atomic E-state index is 14.6. The van der Waals surface area contributed by atoms with E-state index in [0.717, 1.165) is 45.2 Å². The lowest BCUT2D eigenvalue weighted by Gasteiger charge is -2.27. The van der Waals surface area contributed by atoms with Crippen molar-refractivity contribution in [3.8, 4) is 0 Å². The first-order valence-electron chi connectivity index (χ1n) is 14.0. The molecule has 45 heavy (non-hydrogen) atoms. The van der Waals surface area contributed by atoms with Crippen LogP contribution < -0.4 is 10.2 Å². The van der Waals surface area contributed by atoms with E-state index in [2.05, 4.69) is 5.32 Å². The van der Waals surface area contributed by atoms with Gasteiger partial charge in [-0.3, -0.25) is 9.59 Å². The highest BCUT2D eigenvalue weighted by atomic mass is 32.2. The van der Waals surface area contributed by atoms with Gasteiger partial charge in [-0.25, -0.2) is 30.8 Å². The fourth-order valence-electron chi connectivity index (χ4n) is 5.21. The maximum Gasteiger partial charge on any atom is 0.394 e. The lowest BCUT2D eigenvalue weighted by molar-refractivity contribution is -0.147. The van der Waals surface area contributed by atoms with Crippen LogP contribution in [0.2, 0.25) is 0 Å². The Labute approximate surface area is 257 Å². The SMILES string of the molecule is Cc1c(F)c(F)c(S(=O)(=O)N(C)CC(=O)N(Cc2ccc(C3CCCCC3)cc2)c2ccc(NC(=O)C(=O)O)cc2)c(F)c1F. The van der Waals surface area contributed by atoms with Crippen molar-refractivity contribution in [1.29, 1.82) is 0 Å². The largest absolute Gasteiger partial charge is 0.474 e. The number of aliphatic carboxylic acids is 1. The number of carbonyl (C=O) groups is 3. The second-order valence-corrected chi connectivity index (χ2v) is 12.8. The highest BCUT2D eigenvalue weighted by Gasteiger charge is 2.36. The van der Waals surface area contributed by atoms with Crippen LogP contribution in [0.5, 0.6) is 0 Å². The number of carbonyl (C=O) groups excluding carboxylic acids is 2. The molecule has 1 aliphatic carbocycles. The predicted octanol–water partition coefficient (Wildman–Crippen LogP) is 5.48. The van der Waals surface area contributed by atoms with Gasteiger partial charge in [0.2, 0.25) is 15.9 Å². The molecule has 0 saturated heterocycles. The Bertz CT molecular complexity index is 1680. The highest BCUT2D eigenvalue weighted by Crippen LogP contribution is 2.33. The lowest BCUT2D eigenvalue weighted by atomic mass is 9.84. The van der Waals surface area contributed by atoms with Gasteiger partial charge in [0, 0.05) is 24.0 Å². The number of nitrogens with one attached hydrogen (secondary N) is 1. The Hall–Kier alpha value is -4.30. The normalized spacial score (nSPS) is 13.9. The summed E-state index contributed by atoms with van der Waals surface area (Å²) in [6.45, 7) is -0.302. The minimum absolute atomic E-state index is 0.0744. The minimum Gasteiger partial charge on any atom is -0.474 e. The zero-order valence-electron chi connectivity index (χ0n) is 24.4. The molecule has 4 rings (SSSR count). The molecule has 0 bridgehead atoms. The maximum atomic E-state index is 14.6. The molecule has 0 aliphatic heterocycles. The number of likely N-dealkylation sites (N-methyl/N-ethyl adjacent to an activating group) is 1. The molecule has 0 heterocycles. The highest BCUT2D eigenvalue weighted by molar-refractivity contribution is 7.89. The molecule has 9 nitrogen and oxygen atoms in total. The molecule has 1 aliphatic rings. The van der Waals surface area contributed by atoms with Crippen molar-refractivity contribution in [2.75, 3.05) is 23.8 Å². The van der Waals surface area contributed by atoms with Gasteiger partial charge in [0.05, 0.1) is 13.1 Å². The quantitative estimate of drug-likeness (QED) is 0.180. The Morgan fingerprint density at radius 2 is 1.42 bits per heavy atom. The number of anilines is 2. The first-order valence-corrected chi connectivity index (χ1v) is 15.5. The molecule has 3 aromatic rings. The zero-order chi connectivity index (χ0) is 33.1. The molecular formula is C31H31F4N3O6S. The average Bonchev–Trinajstić information content (AvgIpc) is 3.02. The number of hydrogen-bond donors (Lipinski definition) is 2. The molecule has 0 radical (unpaired) electrons. The van der Waals surface area contributed by atoms with E-state index in [1.54, 1.807) is 0 Å². The van der Waals surface area contributed by atoms with Crippen molar-refractivity contribution < 1.29 is 45.5 Å². The van der Waals surface area contributed by atoms with Crippen molar-refractivity contribution in [2.45, 2.75) is 56.4 Å². The van der Waals surface area contributed by atoms with Gasteiger partial charge >= 0.3 is 11.9 Å². The molecule has 0 unspecified atom stereocenters. The summed E-state index contributed by atoms with van der Waals surface area (Å²) in [7, 11) is -4.40. The standard InChI is InChI=1S/C31H31F4N3O6S/c1-18-25(32)27(34)29(28(35)26(18)33)45(43,44)37(2)17-24(39)38(23-14-12-22(13-15-23)36-30(40)31(41)42)16-19-8-10-21(11-9-19)20-6-4-3-5-7-20/h8-15,20H,3-7,16-17H2,1-2H3,(H,36,40)(H,41,42). The summed E-state index contributed by atoms with van der Waals surface area (Å²) in [6, 6.07) is 13.0. The molecular weight excluding hydrogens is 618 g/mol. The van der Waals surface area contributed by atoms with E-state index >= 15 is 0 Å². The third kappa shape index (κ3) is 7.34. The third-order valence-electron chi connectivity index (χ3n) is 7.80. The van der Waals surface area contributed by atoms with Gasteiger partial charge in [0.25, 0.3) is 0 Å². The summed E-state index contributed by atoms with van der Waals surface area (Å²) in [4.78, 5) is 35.3. The van der Waals surface area contributed by atoms with Crippen LogP contribution in [0.1, 0.15) is 54.7 Å². The van der Waals surface area contributed by atoms with E-state index in [-0.39, 0.29) is 22.2 Å². The molecule has 2 amide bonds. The van der Waals surface area contributed by atoms with Gasteiger partial charge < -0.3 is 15.3 Å². The zero-order valence-corrected chi connectivity index (χ0v) is 25.3. The number of halogens is 4. The van der Waals surface area contributed by atoms with Crippen LogP contribution in [0.15, 0.2) is 53.4 Å². The molecule has 0 atom stereocenters. The first kappa shape index (κ1) is 33.6. The molecule has 0 spiro atoms. The Morgan fingerprint density at radius 1 is 0.867 bits per heavy atom. The predicted molar refractivity (Wildman–Crippen MR) is 157 cm³/mol. The minimum atomic E-state index is -5.24.